The van der Waals surface area contributed by atoms with Gasteiger partial charge in [0.15, 0.2) is 0 Å². The summed E-state index contributed by atoms with van der Waals surface area (Å²) in [6.07, 6.45) is 3.63. The Bertz CT molecular complexity index is 895. The molecule has 0 heterocycles. The number of hydrogen-bond donors (Lipinski definition) is 2. The van der Waals surface area contributed by atoms with Crippen molar-refractivity contribution in [1.82, 2.24) is 0 Å². The van der Waals surface area contributed by atoms with Crippen LogP contribution in [0.5, 0.6) is 0 Å². The van der Waals surface area contributed by atoms with Crippen LogP contribution in [0.25, 0.3) is 0 Å². The lowest BCUT2D eigenvalue weighted by molar-refractivity contribution is 0.566. The maximum atomic E-state index is 12.2. The maximum absolute atomic E-state index is 12.2. The van der Waals surface area contributed by atoms with Crippen LogP contribution in [-0.2, 0) is 29.4 Å². The van der Waals surface area contributed by atoms with Crippen molar-refractivity contribution in [1.29, 1.82) is 0 Å². The number of rotatable bonds is 5. The first-order valence-corrected chi connectivity index (χ1v) is 10.6. The monoisotopic (exact) mass is 372 g/mol. The minimum Gasteiger partial charge on any atom is -0.381 e. The minimum atomic E-state index is -3.40. The van der Waals surface area contributed by atoms with Gasteiger partial charge >= 0.3 is 0 Å². The molecule has 3 rings (SSSR count). The van der Waals surface area contributed by atoms with Crippen LogP contribution in [0, 0.1) is 6.92 Å². The molecule has 0 aliphatic heterocycles. The van der Waals surface area contributed by atoms with Crippen molar-refractivity contribution < 1.29 is 8.42 Å². The van der Waals surface area contributed by atoms with Gasteiger partial charge in [0.05, 0.1) is 4.75 Å². The zero-order valence-electron chi connectivity index (χ0n) is 16.0. The van der Waals surface area contributed by atoms with Gasteiger partial charge in [0.2, 0.25) is 10.0 Å². The molecule has 1 aliphatic rings. The largest absolute Gasteiger partial charge is 0.381 e. The predicted molar refractivity (Wildman–Crippen MR) is 109 cm³/mol. The summed E-state index contributed by atoms with van der Waals surface area (Å²) in [5, 5.41) is 3.51. The standard InChI is InChI=1S/C21H28N2O2S/c1-15-19-7-5-6-17(19)10-13-20(15)22-14-16-8-11-18(12-9-16)23-26(24,25)21(2,3)4/h8-13,22-23H,5-7,14H2,1-4H3. The summed E-state index contributed by atoms with van der Waals surface area (Å²) in [5.41, 5.74) is 7.24. The Kier molecular flexibility index (Phi) is 5.02. The lowest BCUT2D eigenvalue weighted by Gasteiger charge is -2.20. The van der Waals surface area contributed by atoms with E-state index in [-0.39, 0.29) is 0 Å². The number of benzene rings is 2. The lowest BCUT2D eigenvalue weighted by Crippen LogP contribution is -2.33. The molecular formula is C21H28N2O2S. The fourth-order valence-corrected chi connectivity index (χ4v) is 3.99. The second kappa shape index (κ2) is 6.95. The number of hydrogen-bond acceptors (Lipinski definition) is 3. The van der Waals surface area contributed by atoms with Crippen LogP contribution in [0.15, 0.2) is 36.4 Å². The van der Waals surface area contributed by atoms with Crippen LogP contribution in [0.1, 0.15) is 49.4 Å². The SMILES string of the molecule is Cc1c(NCc2ccc(NS(=O)(=O)C(C)(C)C)cc2)ccc2c1CCC2. The van der Waals surface area contributed by atoms with Gasteiger partial charge in [-0.3, -0.25) is 4.72 Å². The van der Waals surface area contributed by atoms with Gasteiger partial charge in [0.1, 0.15) is 0 Å². The van der Waals surface area contributed by atoms with Gasteiger partial charge in [0.25, 0.3) is 0 Å². The molecule has 0 saturated carbocycles. The van der Waals surface area contributed by atoms with Crippen molar-refractivity contribution in [2.45, 2.75) is 58.2 Å². The normalized spacial score (nSPS) is 14.2. The van der Waals surface area contributed by atoms with E-state index in [0.29, 0.717) is 12.2 Å². The molecule has 0 saturated heterocycles. The van der Waals surface area contributed by atoms with E-state index in [4.69, 9.17) is 0 Å². The molecule has 0 fully saturated rings. The van der Waals surface area contributed by atoms with E-state index < -0.39 is 14.8 Å². The summed E-state index contributed by atoms with van der Waals surface area (Å²) >= 11 is 0. The molecule has 0 bridgehead atoms. The van der Waals surface area contributed by atoms with Gasteiger partial charge in [-0.15, -0.1) is 0 Å². The molecule has 0 aromatic heterocycles. The van der Waals surface area contributed by atoms with Crippen LogP contribution in [0.3, 0.4) is 0 Å². The first-order valence-electron chi connectivity index (χ1n) is 9.14. The average Bonchev–Trinajstić information content (AvgIpc) is 3.04. The zero-order chi connectivity index (χ0) is 18.9. The summed E-state index contributed by atoms with van der Waals surface area (Å²) in [6, 6.07) is 11.9. The minimum absolute atomic E-state index is 0.595. The van der Waals surface area contributed by atoms with Crippen LogP contribution in [0.4, 0.5) is 11.4 Å². The first-order chi connectivity index (χ1) is 12.2. The summed E-state index contributed by atoms with van der Waals surface area (Å²) in [6.45, 7) is 7.97. The molecule has 4 nitrogen and oxygen atoms in total. The highest BCUT2D eigenvalue weighted by Crippen LogP contribution is 2.30. The molecule has 140 valence electrons. The molecule has 26 heavy (non-hydrogen) atoms. The van der Waals surface area contributed by atoms with Crippen molar-refractivity contribution in [2.24, 2.45) is 0 Å². The van der Waals surface area contributed by atoms with E-state index in [1.54, 1.807) is 20.8 Å². The Balaban J connectivity index is 1.66. The van der Waals surface area contributed by atoms with Crippen molar-refractivity contribution in [3.05, 3.63) is 58.7 Å². The van der Waals surface area contributed by atoms with Crippen molar-refractivity contribution in [3.8, 4) is 0 Å². The maximum Gasteiger partial charge on any atom is 0.237 e. The quantitative estimate of drug-likeness (QED) is 0.804. The zero-order valence-corrected chi connectivity index (χ0v) is 16.8. The highest BCUT2D eigenvalue weighted by Gasteiger charge is 2.28. The fourth-order valence-electron chi connectivity index (χ4n) is 3.24. The first kappa shape index (κ1) is 18.8. The Morgan fingerprint density at radius 1 is 1.00 bits per heavy atom. The topological polar surface area (TPSA) is 58.2 Å². The lowest BCUT2D eigenvalue weighted by atomic mass is 10.0. The number of aryl methyl sites for hydroxylation is 1. The van der Waals surface area contributed by atoms with E-state index in [1.807, 2.05) is 24.3 Å². The summed E-state index contributed by atoms with van der Waals surface area (Å²) in [5.74, 6) is 0. The summed E-state index contributed by atoms with van der Waals surface area (Å²) in [4.78, 5) is 0. The molecular weight excluding hydrogens is 344 g/mol. The third-order valence-electron chi connectivity index (χ3n) is 5.06. The predicted octanol–water partition coefficient (Wildman–Crippen LogP) is 4.64. The Hall–Kier alpha value is -2.01. The van der Waals surface area contributed by atoms with E-state index >= 15 is 0 Å². The van der Waals surface area contributed by atoms with E-state index in [2.05, 4.69) is 29.1 Å². The molecule has 0 amide bonds. The molecule has 2 aromatic rings. The molecule has 0 atom stereocenters. The molecule has 0 radical (unpaired) electrons. The van der Waals surface area contributed by atoms with E-state index in [9.17, 15) is 8.42 Å². The van der Waals surface area contributed by atoms with Crippen LogP contribution in [0.2, 0.25) is 0 Å². The summed E-state index contributed by atoms with van der Waals surface area (Å²) in [7, 11) is -3.40. The van der Waals surface area contributed by atoms with Gasteiger partial charge in [-0.25, -0.2) is 8.42 Å². The van der Waals surface area contributed by atoms with Gasteiger partial charge in [-0.05, 0) is 87.4 Å². The van der Waals surface area contributed by atoms with Crippen LogP contribution in [-0.4, -0.2) is 13.2 Å². The van der Waals surface area contributed by atoms with Crippen molar-refractivity contribution in [3.63, 3.8) is 0 Å². The second-order valence-corrected chi connectivity index (χ2v) is 10.4. The van der Waals surface area contributed by atoms with Gasteiger partial charge < -0.3 is 5.32 Å². The molecule has 5 heteroatoms. The highest BCUT2D eigenvalue weighted by atomic mass is 32.2. The molecule has 2 aromatic carbocycles. The van der Waals surface area contributed by atoms with Gasteiger partial charge in [-0.2, -0.15) is 0 Å². The van der Waals surface area contributed by atoms with Crippen molar-refractivity contribution in [2.75, 3.05) is 10.0 Å². The number of nitrogens with one attached hydrogen (secondary N) is 2. The molecule has 0 spiro atoms. The molecule has 1 aliphatic carbocycles. The average molecular weight is 373 g/mol. The number of sulfonamides is 1. The van der Waals surface area contributed by atoms with Gasteiger partial charge in [0, 0.05) is 17.9 Å². The van der Waals surface area contributed by atoms with Crippen molar-refractivity contribution >= 4 is 21.4 Å². The third-order valence-corrected chi connectivity index (χ3v) is 7.18. The Labute approximate surface area is 157 Å². The van der Waals surface area contributed by atoms with Crippen LogP contribution >= 0.6 is 0 Å². The van der Waals surface area contributed by atoms with Crippen LogP contribution < -0.4 is 10.0 Å². The third kappa shape index (κ3) is 3.88. The number of anilines is 2. The summed E-state index contributed by atoms with van der Waals surface area (Å²) < 4.78 is 26.3. The van der Waals surface area contributed by atoms with E-state index in [0.717, 1.165) is 5.56 Å². The smallest absolute Gasteiger partial charge is 0.237 e. The Morgan fingerprint density at radius 2 is 1.69 bits per heavy atom. The molecule has 0 unspecified atom stereocenters. The van der Waals surface area contributed by atoms with E-state index in [1.165, 1.54) is 41.6 Å². The fraction of sp³-hybridized carbons (Fsp3) is 0.429. The molecule has 2 N–H and O–H groups in total. The Morgan fingerprint density at radius 3 is 2.35 bits per heavy atom. The second-order valence-electron chi connectivity index (χ2n) is 8.00. The van der Waals surface area contributed by atoms with Gasteiger partial charge in [-0.1, -0.05) is 18.2 Å². The highest BCUT2D eigenvalue weighted by molar-refractivity contribution is 7.94. The number of fused-ring (bicyclic) bond motifs is 1.